The number of aliphatic hydroxyl groups is 4. The van der Waals surface area contributed by atoms with Crippen LogP contribution < -0.4 is 5.73 Å². The molecule has 1 aliphatic rings. The summed E-state index contributed by atoms with van der Waals surface area (Å²) in [5.74, 6) is -0.767. The zero-order chi connectivity index (χ0) is 12.3. The van der Waals surface area contributed by atoms with Crippen molar-refractivity contribution in [3.05, 3.63) is 0 Å². The molecule has 0 radical (unpaired) electrons. The van der Waals surface area contributed by atoms with Crippen molar-refractivity contribution in [3.8, 4) is 0 Å². The molecule has 0 aliphatic carbocycles. The van der Waals surface area contributed by atoms with Gasteiger partial charge in [0.05, 0.1) is 6.61 Å². The molecule has 94 valence electrons. The van der Waals surface area contributed by atoms with Gasteiger partial charge in [-0.1, -0.05) is 0 Å². The molecule has 8 nitrogen and oxygen atoms in total. The van der Waals surface area contributed by atoms with Gasteiger partial charge in [0.2, 0.25) is 5.91 Å². The predicted octanol–water partition coefficient (Wildman–Crippen LogP) is -3.71. The van der Waals surface area contributed by atoms with Gasteiger partial charge in [-0.25, -0.2) is 0 Å². The fraction of sp³-hybridized carbons (Fsp3) is 0.875. The van der Waals surface area contributed by atoms with E-state index in [0.717, 1.165) is 0 Å². The second kappa shape index (κ2) is 5.53. The van der Waals surface area contributed by atoms with Gasteiger partial charge >= 0.3 is 0 Å². The van der Waals surface area contributed by atoms with E-state index in [2.05, 4.69) is 0 Å². The van der Waals surface area contributed by atoms with E-state index in [0.29, 0.717) is 0 Å². The third kappa shape index (κ3) is 2.88. The number of nitrogens with two attached hydrogens (primary N) is 1. The van der Waals surface area contributed by atoms with Crippen LogP contribution in [0.1, 0.15) is 0 Å². The SMILES string of the molecule is NC(=O)COC1OC(CO)C(O)C(O)C1O. The van der Waals surface area contributed by atoms with E-state index in [1.165, 1.54) is 0 Å². The number of carbonyl (C=O) groups excluding carboxylic acids is 1. The second-order valence-electron chi connectivity index (χ2n) is 3.47. The van der Waals surface area contributed by atoms with Gasteiger partial charge in [-0.15, -0.1) is 0 Å². The Morgan fingerprint density at radius 1 is 1.25 bits per heavy atom. The average molecular weight is 237 g/mol. The summed E-state index contributed by atoms with van der Waals surface area (Å²) in [6.07, 6.45) is -6.87. The minimum atomic E-state index is -1.52. The van der Waals surface area contributed by atoms with Crippen LogP contribution in [-0.2, 0) is 14.3 Å². The first-order valence-corrected chi connectivity index (χ1v) is 4.67. The van der Waals surface area contributed by atoms with E-state index in [4.69, 9.17) is 20.3 Å². The van der Waals surface area contributed by atoms with Crippen LogP contribution >= 0.6 is 0 Å². The summed E-state index contributed by atoms with van der Waals surface area (Å²) in [4.78, 5) is 10.4. The molecule has 5 atom stereocenters. The topological polar surface area (TPSA) is 142 Å². The number of hydrogen-bond acceptors (Lipinski definition) is 7. The summed E-state index contributed by atoms with van der Waals surface area (Å²) in [6, 6.07) is 0. The van der Waals surface area contributed by atoms with Crippen LogP contribution in [0.25, 0.3) is 0 Å². The van der Waals surface area contributed by atoms with Crippen LogP contribution in [0.15, 0.2) is 0 Å². The Balaban J connectivity index is 2.60. The van der Waals surface area contributed by atoms with Crippen molar-refractivity contribution in [3.63, 3.8) is 0 Å². The summed E-state index contributed by atoms with van der Waals surface area (Å²) < 4.78 is 9.72. The summed E-state index contributed by atoms with van der Waals surface area (Å²) in [7, 11) is 0. The number of hydrogen-bond donors (Lipinski definition) is 5. The molecule has 0 bridgehead atoms. The molecule has 1 saturated heterocycles. The molecular formula is C8H15NO7. The molecule has 0 aromatic rings. The molecule has 0 aromatic carbocycles. The zero-order valence-electron chi connectivity index (χ0n) is 8.39. The summed E-state index contributed by atoms with van der Waals surface area (Å²) in [5, 5.41) is 37.0. The first kappa shape index (κ1) is 13.3. The Labute approximate surface area is 91.2 Å². The standard InChI is InChI=1S/C8H15NO7/c9-4(11)2-15-8-7(14)6(13)5(12)3(1-10)16-8/h3,5-8,10,12-14H,1-2H2,(H2,9,11). The highest BCUT2D eigenvalue weighted by Gasteiger charge is 2.44. The minimum Gasteiger partial charge on any atom is -0.394 e. The Kier molecular flexibility index (Phi) is 4.59. The van der Waals surface area contributed by atoms with E-state index in [1.54, 1.807) is 0 Å². The number of carbonyl (C=O) groups is 1. The smallest absolute Gasteiger partial charge is 0.243 e. The number of amides is 1. The molecule has 16 heavy (non-hydrogen) atoms. The summed E-state index contributed by atoms with van der Waals surface area (Å²) in [5.41, 5.74) is 4.82. The molecule has 1 fully saturated rings. The Morgan fingerprint density at radius 3 is 2.38 bits per heavy atom. The largest absolute Gasteiger partial charge is 0.394 e. The van der Waals surface area contributed by atoms with Gasteiger partial charge in [0.15, 0.2) is 6.29 Å². The Hall–Kier alpha value is -0.770. The quantitative estimate of drug-likeness (QED) is 0.338. The van der Waals surface area contributed by atoms with Crippen LogP contribution in [0.5, 0.6) is 0 Å². The van der Waals surface area contributed by atoms with Gasteiger partial charge in [0.1, 0.15) is 31.0 Å². The minimum absolute atomic E-state index is 0.497. The normalized spacial score (nSPS) is 39.6. The van der Waals surface area contributed by atoms with Crippen molar-refractivity contribution in [2.24, 2.45) is 5.73 Å². The van der Waals surface area contributed by atoms with Gasteiger partial charge in [0, 0.05) is 0 Å². The molecule has 0 saturated carbocycles. The van der Waals surface area contributed by atoms with Gasteiger partial charge in [-0.3, -0.25) is 4.79 Å². The Bertz CT molecular complexity index is 247. The zero-order valence-corrected chi connectivity index (χ0v) is 8.39. The monoisotopic (exact) mass is 237 g/mol. The molecule has 1 amide bonds. The van der Waals surface area contributed by atoms with Gasteiger partial charge in [-0.05, 0) is 0 Å². The van der Waals surface area contributed by atoms with Crippen molar-refractivity contribution < 1.29 is 34.7 Å². The fourth-order valence-corrected chi connectivity index (χ4v) is 1.37. The van der Waals surface area contributed by atoms with E-state index in [9.17, 15) is 20.1 Å². The molecule has 6 N–H and O–H groups in total. The molecule has 0 aromatic heterocycles. The average Bonchev–Trinajstić information content (AvgIpc) is 2.25. The number of ether oxygens (including phenoxy) is 2. The lowest BCUT2D eigenvalue weighted by Gasteiger charge is -2.39. The lowest BCUT2D eigenvalue weighted by Crippen LogP contribution is -2.59. The van der Waals surface area contributed by atoms with E-state index in [1.807, 2.05) is 0 Å². The first-order chi connectivity index (χ1) is 7.47. The Morgan fingerprint density at radius 2 is 1.88 bits per heavy atom. The van der Waals surface area contributed by atoms with Crippen molar-refractivity contribution in [2.75, 3.05) is 13.2 Å². The highest BCUT2D eigenvalue weighted by atomic mass is 16.7. The van der Waals surface area contributed by atoms with Crippen molar-refractivity contribution in [1.29, 1.82) is 0 Å². The van der Waals surface area contributed by atoms with Gasteiger partial charge in [-0.2, -0.15) is 0 Å². The molecule has 5 unspecified atom stereocenters. The number of primary amides is 1. The van der Waals surface area contributed by atoms with Crippen LogP contribution in [0.3, 0.4) is 0 Å². The van der Waals surface area contributed by atoms with Crippen LogP contribution in [0.4, 0.5) is 0 Å². The first-order valence-electron chi connectivity index (χ1n) is 4.67. The van der Waals surface area contributed by atoms with Crippen LogP contribution in [-0.4, -0.2) is 70.3 Å². The van der Waals surface area contributed by atoms with Gasteiger partial charge < -0.3 is 35.6 Å². The molecular weight excluding hydrogens is 222 g/mol. The third-order valence-electron chi connectivity index (χ3n) is 2.24. The lowest BCUT2D eigenvalue weighted by molar-refractivity contribution is -0.299. The molecule has 1 heterocycles. The molecule has 0 spiro atoms. The highest BCUT2D eigenvalue weighted by molar-refractivity contribution is 5.74. The predicted molar refractivity (Wildman–Crippen MR) is 48.9 cm³/mol. The number of aliphatic hydroxyl groups excluding tert-OH is 4. The maximum Gasteiger partial charge on any atom is 0.243 e. The lowest BCUT2D eigenvalue weighted by atomic mass is 9.99. The van der Waals surface area contributed by atoms with Crippen molar-refractivity contribution >= 4 is 5.91 Å². The van der Waals surface area contributed by atoms with E-state index < -0.39 is 49.8 Å². The van der Waals surface area contributed by atoms with Gasteiger partial charge in [0.25, 0.3) is 0 Å². The molecule has 1 aliphatic heterocycles. The van der Waals surface area contributed by atoms with E-state index in [-0.39, 0.29) is 0 Å². The second-order valence-corrected chi connectivity index (χ2v) is 3.47. The maximum atomic E-state index is 10.4. The summed E-state index contributed by atoms with van der Waals surface area (Å²) >= 11 is 0. The fourth-order valence-electron chi connectivity index (χ4n) is 1.37. The van der Waals surface area contributed by atoms with Crippen LogP contribution in [0, 0.1) is 0 Å². The maximum absolute atomic E-state index is 10.4. The summed E-state index contributed by atoms with van der Waals surface area (Å²) in [6.45, 7) is -1.05. The van der Waals surface area contributed by atoms with Crippen molar-refractivity contribution in [1.82, 2.24) is 0 Å². The molecule has 8 heteroatoms. The highest BCUT2D eigenvalue weighted by Crippen LogP contribution is 2.21. The number of rotatable bonds is 4. The van der Waals surface area contributed by atoms with E-state index >= 15 is 0 Å². The van der Waals surface area contributed by atoms with Crippen LogP contribution in [0.2, 0.25) is 0 Å². The third-order valence-corrected chi connectivity index (χ3v) is 2.24. The molecule has 1 rings (SSSR count). The van der Waals surface area contributed by atoms with Crippen molar-refractivity contribution in [2.45, 2.75) is 30.7 Å².